The van der Waals surface area contributed by atoms with E-state index in [2.05, 4.69) is 35.8 Å². The van der Waals surface area contributed by atoms with Crippen molar-refractivity contribution in [1.82, 2.24) is 19.7 Å². The van der Waals surface area contributed by atoms with E-state index >= 15 is 0 Å². The fourth-order valence-electron chi connectivity index (χ4n) is 6.11. The van der Waals surface area contributed by atoms with E-state index in [1.54, 1.807) is 13.3 Å². The number of carboxylic acid groups (broad SMARTS) is 1. The SMILES string of the molecule is CCCCN(CCCCN(C)C)C(=O)CN1CC(c2cc(OC)c3c(c2)OCO3)C(C(=O)O)C1CCc1ccccn1. The number of pyridine rings is 1. The number of unbranched alkanes of at least 4 members (excludes halogenated alkanes) is 2. The van der Waals surface area contributed by atoms with E-state index in [-0.39, 0.29) is 31.2 Å². The normalized spacial score (nSPS) is 19.8. The smallest absolute Gasteiger partial charge is 0.308 e. The molecule has 1 fully saturated rings. The van der Waals surface area contributed by atoms with E-state index in [0.717, 1.165) is 50.0 Å². The van der Waals surface area contributed by atoms with Gasteiger partial charge in [-0.25, -0.2) is 0 Å². The molecule has 2 aliphatic rings. The molecule has 0 aliphatic carbocycles. The summed E-state index contributed by atoms with van der Waals surface area (Å²) in [5.74, 6) is -0.268. The zero-order valence-corrected chi connectivity index (χ0v) is 25.5. The average molecular weight is 583 g/mol. The van der Waals surface area contributed by atoms with Crippen LogP contribution in [0.3, 0.4) is 0 Å². The molecular formula is C32H46N4O6. The standard InChI is InChI=1S/C32H46N4O6/c1-5-6-16-35(17-10-9-15-34(2)3)29(37)21-36-20-25(23-18-27(40-4)31-28(19-23)41-22-42-31)30(32(38)39)26(36)13-12-24-11-7-8-14-33-24/h7-8,11,14,18-19,25-26,30H,5-6,9-10,12-13,15-17,20-22H2,1-4H3,(H,38,39). The Kier molecular flexibility index (Phi) is 11.4. The summed E-state index contributed by atoms with van der Waals surface area (Å²) in [6.45, 7) is 5.27. The molecule has 2 aromatic rings. The minimum Gasteiger partial charge on any atom is -0.493 e. The van der Waals surface area contributed by atoms with Crippen molar-refractivity contribution in [1.29, 1.82) is 0 Å². The number of benzene rings is 1. The molecule has 0 bridgehead atoms. The second kappa shape index (κ2) is 15.2. The highest BCUT2D eigenvalue weighted by Gasteiger charge is 2.47. The number of nitrogens with zero attached hydrogens (tertiary/aromatic N) is 4. The highest BCUT2D eigenvalue weighted by atomic mass is 16.7. The average Bonchev–Trinajstić information content (AvgIpc) is 3.60. The predicted molar refractivity (Wildman–Crippen MR) is 160 cm³/mol. The van der Waals surface area contributed by atoms with Crippen LogP contribution in [-0.2, 0) is 16.0 Å². The lowest BCUT2D eigenvalue weighted by atomic mass is 9.83. The fraction of sp³-hybridized carbons (Fsp3) is 0.594. The third-order valence-electron chi connectivity index (χ3n) is 8.32. The van der Waals surface area contributed by atoms with Gasteiger partial charge in [-0.1, -0.05) is 19.4 Å². The molecule has 1 amide bonds. The summed E-state index contributed by atoms with van der Waals surface area (Å²) >= 11 is 0. The van der Waals surface area contributed by atoms with Crippen molar-refractivity contribution in [2.75, 3.05) is 60.7 Å². The Labute approximate surface area is 249 Å². The number of ether oxygens (including phenoxy) is 3. The van der Waals surface area contributed by atoms with Crippen LogP contribution in [0.1, 0.15) is 56.2 Å². The number of carbonyl (C=O) groups excluding carboxylic acids is 1. The zero-order chi connectivity index (χ0) is 30.1. The summed E-state index contributed by atoms with van der Waals surface area (Å²) in [7, 11) is 5.68. The molecule has 3 unspecified atom stereocenters. The van der Waals surface area contributed by atoms with Gasteiger partial charge in [0.05, 0.1) is 19.6 Å². The maximum Gasteiger partial charge on any atom is 0.308 e. The number of aliphatic carboxylic acids is 1. The Bertz CT molecular complexity index is 1180. The molecule has 230 valence electrons. The quantitative estimate of drug-likeness (QED) is 0.295. The van der Waals surface area contributed by atoms with E-state index in [1.807, 2.05) is 35.2 Å². The number of amides is 1. The van der Waals surface area contributed by atoms with Crippen LogP contribution in [-0.4, -0.2) is 103 Å². The number of fused-ring (bicyclic) bond motifs is 1. The lowest BCUT2D eigenvalue weighted by molar-refractivity contribution is -0.143. The van der Waals surface area contributed by atoms with E-state index in [1.165, 1.54) is 0 Å². The van der Waals surface area contributed by atoms with Crippen molar-refractivity contribution in [2.45, 2.75) is 57.4 Å². The van der Waals surface area contributed by atoms with E-state index in [4.69, 9.17) is 14.2 Å². The van der Waals surface area contributed by atoms with Crippen LogP contribution in [0.4, 0.5) is 0 Å². The number of hydrogen-bond donors (Lipinski definition) is 1. The molecule has 0 saturated carbocycles. The lowest BCUT2D eigenvalue weighted by Crippen LogP contribution is -2.45. The minimum atomic E-state index is -0.871. The topological polar surface area (TPSA) is 105 Å². The van der Waals surface area contributed by atoms with Gasteiger partial charge in [0, 0.05) is 43.5 Å². The molecule has 2 aliphatic heterocycles. The molecule has 1 N–H and O–H groups in total. The molecule has 3 atom stereocenters. The molecule has 10 nitrogen and oxygen atoms in total. The number of hydrogen-bond acceptors (Lipinski definition) is 8. The third kappa shape index (κ3) is 7.92. The fourth-order valence-corrected chi connectivity index (χ4v) is 6.11. The summed E-state index contributed by atoms with van der Waals surface area (Å²) in [5.41, 5.74) is 1.72. The van der Waals surface area contributed by atoms with Crippen LogP contribution < -0.4 is 14.2 Å². The molecule has 42 heavy (non-hydrogen) atoms. The molecule has 3 heterocycles. The second-order valence-corrected chi connectivity index (χ2v) is 11.5. The number of carboxylic acids is 1. The van der Waals surface area contributed by atoms with Crippen LogP contribution in [0.5, 0.6) is 17.2 Å². The van der Waals surface area contributed by atoms with Gasteiger partial charge in [0.25, 0.3) is 0 Å². The first kappa shape index (κ1) is 31.6. The van der Waals surface area contributed by atoms with E-state index < -0.39 is 11.9 Å². The number of methoxy groups -OCH3 is 1. The van der Waals surface area contributed by atoms with Gasteiger partial charge in [0.15, 0.2) is 11.5 Å². The number of carbonyl (C=O) groups is 2. The van der Waals surface area contributed by atoms with Gasteiger partial charge in [0.1, 0.15) is 0 Å². The van der Waals surface area contributed by atoms with Crippen molar-refractivity contribution < 1.29 is 28.9 Å². The van der Waals surface area contributed by atoms with Gasteiger partial charge in [-0.15, -0.1) is 0 Å². The maximum atomic E-state index is 13.8. The predicted octanol–water partition coefficient (Wildman–Crippen LogP) is 3.89. The Morgan fingerprint density at radius 1 is 1.12 bits per heavy atom. The first-order valence-electron chi connectivity index (χ1n) is 15.1. The van der Waals surface area contributed by atoms with Crippen molar-refractivity contribution in [2.24, 2.45) is 5.92 Å². The van der Waals surface area contributed by atoms with Crippen LogP contribution in [0, 0.1) is 5.92 Å². The largest absolute Gasteiger partial charge is 0.493 e. The monoisotopic (exact) mass is 582 g/mol. The summed E-state index contributed by atoms with van der Waals surface area (Å²) in [4.78, 5) is 37.4. The van der Waals surface area contributed by atoms with Crippen LogP contribution >= 0.6 is 0 Å². The zero-order valence-electron chi connectivity index (χ0n) is 25.5. The van der Waals surface area contributed by atoms with Gasteiger partial charge in [0.2, 0.25) is 18.4 Å². The molecule has 1 saturated heterocycles. The molecule has 0 radical (unpaired) electrons. The third-order valence-corrected chi connectivity index (χ3v) is 8.32. The number of aryl methyl sites for hydroxylation is 1. The molecule has 1 aromatic heterocycles. The Hall–Kier alpha value is -3.37. The highest BCUT2D eigenvalue weighted by Crippen LogP contribution is 2.47. The van der Waals surface area contributed by atoms with Crippen LogP contribution in [0.25, 0.3) is 0 Å². The van der Waals surface area contributed by atoms with Gasteiger partial charge in [-0.2, -0.15) is 0 Å². The van der Waals surface area contributed by atoms with Crippen molar-refractivity contribution in [3.8, 4) is 17.2 Å². The molecule has 4 rings (SSSR count). The highest BCUT2D eigenvalue weighted by molar-refractivity contribution is 5.79. The van der Waals surface area contributed by atoms with E-state index in [9.17, 15) is 14.7 Å². The van der Waals surface area contributed by atoms with Crippen LogP contribution in [0.2, 0.25) is 0 Å². The van der Waals surface area contributed by atoms with Gasteiger partial charge in [-0.3, -0.25) is 19.5 Å². The molecule has 1 aromatic carbocycles. The molecular weight excluding hydrogens is 536 g/mol. The Balaban J connectivity index is 1.59. The first-order chi connectivity index (χ1) is 20.3. The minimum absolute atomic E-state index is 0.0594. The summed E-state index contributed by atoms with van der Waals surface area (Å²) in [6, 6.07) is 9.16. The van der Waals surface area contributed by atoms with E-state index in [0.29, 0.717) is 43.2 Å². The van der Waals surface area contributed by atoms with Gasteiger partial charge >= 0.3 is 5.97 Å². The number of aromatic nitrogens is 1. The number of likely N-dealkylation sites (tertiary alicyclic amines) is 1. The Morgan fingerprint density at radius 3 is 2.60 bits per heavy atom. The first-order valence-corrected chi connectivity index (χ1v) is 15.1. The maximum absolute atomic E-state index is 13.8. The van der Waals surface area contributed by atoms with Gasteiger partial charge < -0.3 is 29.1 Å². The summed E-state index contributed by atoms with van der Waals surface area (Å²) in [5, 5.41) is 10.6. The summed E-state index contributed by atoms with van der Waals surface area (Å²) in [6.07, 6.45) is 6.87. The molecule has 0 spiro atoms. The molecule has 10 heteroatoms. The van der Waals surface area contributed by atoms with Gasteiger partial charge in [-0.05, 0) is 82.6 Å². The summed E-state index contributed by atoms with van der Waals surface area (Å²) < 4.78 is 16.8. The number of rotatable bonds is 16. The van der Waals surface area contributed by atoms with Crippen molar-refractivity contribution in [3.63, 3.8) is 0 Å². The lowest BCUT2D eigenvalue weighted by Gasteiger charge is -2.30. The van der Waals surface area contributed by atoms with Crippen molar-refractivity contribution in [3.05, 3.63) is 47.8 Å². The van der Waals surface area contributed by atoms with Crippen molar-refractivity contribution >= 4 is 11.9 Å². The Morgan fingerprint density at radius 2 is 1.90 bits per heavy atom. The second-order valence-electron chi connectivity index (χ2n) is 11.5. The van der Waals surface area contributed by atoms with Crippen LogP contribution in [0.15, 0.2) is 36.5 Å².